The van der Waals surface area contributed by atoms with Crippen LogP contribution in [0.25, 0.3) is 0 Å². The molecule has 2 rings (SSSR count). The molecule has 2 fully saturated rings. The summed E-state index contributed by atoms with van der Waals surface area (Å²) in [4.78, 5) is 22.5. The first kappa shape index (κ1) is 15.3. The maximum Gasteiger partial charge on any atom is 0.332 e. The van der Waals surface area contributed by atoms with Gasteiger partial charge in [-0.05, 0) is 25.7 Å². The molecule has 6 nitrogen and oxygen atoms in total. The van der Waals surface area contributed by atoms with E-state index in [0.29, 0.717) is 32.1 Å². The Morgan fingerprint density at radius 2 is 1.80 bits per heavy atom. The van der Waals surface area contributed by atoms with E-state index in [9.17, 15) is 9.59 Å². The summed E-state index contributed by atoms with van der Waals surface area (Å²) in [7, 11) is 0. The second kappa shape index (κ2) is 7.59. The van der Waals surface area contributed by atoms with Gasteiger partial charge in [-0.25, -0.2) is 4.79 Å². The van der Waals surface area contributed by atoms with Crippen molar-refractivity contribution in [3.8, 4) is 0 Å². The second-order valence-electron chi connectivity index (χ2n) is 5.45. The third-order valence-corrected chi connectivity index (χ3v) is 3.89. The van der Waals surface area contributed by atoms with Crippen LogP contribution in [0.2, 0.25) is 0 Å². The average molecular weight is 285 g/mol. The van der Waals surface area contributed by atoms with Crippen molar-refractivity contribution in [2.45, 2.75) is 63.3 Å². The normalized spacial score (nSPS) is 27.4. The standard InChI is InChI=1S/C14H23NO5/c16-13(11-6-7-12(20-11)14(17)18)15-8-9-19-10-4-2-1-3-5-10/h10-12H,1-9H2,(H,15,16)(H,17,18). The first-order chi connectivity index (χ1) is 9.66. The van der Waals surface area contributed by atoms with Crippen LogP contribution >= 0.6 is 0 Å². The molecular formula is C14H23NO5. The fourth-order valence-corrected chi connectivity index (χ4v) is 2.76. The summed E-state index contributed by atoms with van der Waals surface area (Å²) in [5, 5.41) is 11.5. The molecule has 2 unspecified atom stereocenters. The highest BCUT2D eigenvalue weighted by Gasteiger charge is 2.34. The molecule has 1 amide bonds. The van der Waals surface area contributed by atoms with E-state index in [4.69, 9.17) is 14.6 Å². The number of rotatable bonds is 6. The maximum absolute atomic E-state index is 11.8. The first-order valence-corrected chi connectivity index (χ1v) is 7.44. The van der Waals surface area contributed by atoms with E-state index in [-0.39, 0.29) is 5.91 Å². The molecule has 1 saturated carbocycles. The number of aliphatic carboxylic acids is 1. The molecule has 6 heteroatoms. The van der Waals surface area contributed by atoms with E-state index in [1.807, 2.05) is 0 Å². The van der Waals surface area contributed by atoms with Gasteiger partial charge >= 0.3 is 5.97 Å². The van der Waals surface area contributed by atoms with E-state index in [1.165, 1.54) is 19.3 Å². The Hall–Kier alpha value is -1.14. The number of hydrogen-bond acceptors (Lipinski definition) is 4. The first-order valence-electron chi connectivity index (χ1n) is 7.44. The van der Waals surface area contributed by atoms with Crippen LogP contribution in [0, 0.1) is 0 Å². The smallest absolute Gasteiger partial charge is 0.332 e. The summed E-state index contributed by atoms with van der Waals surface area (Å²) in [5.74, 6) is -1.23. The van der Waals surface area contributed by atoms with Crippen LogP contribution < -0.4 is 5.32 Å². The summed E-state index contributed by atoms with van der Waals surface area (Å²) in [5.41, 5.74) is 0. The molecule has 114 valence electrons. The van der Waals surface area contributed by atoms with Crippen molar-refractivity contribution in [2.24, 2.45) is 0 Å². The summed E-state index contributed by atoms with van der Waals surface area (Å²) in [6, 6.07) is 0. The highest BCUT2D eigenvalue weighted by molar-refractivity contribution is 5.82. The lowest BCUT2D eigenvalue weighted by Crippen LogP contribution is -2.37. The minimum atomic E-state index is -0.999. The third-order valence-electron chi connectivity index (χ3n) is 3.89. The molecular weight excluding hydrogens is 262 g/mol. The number of ether oxygens (including phenoxy) is 2. The fraction of sp³-hybridized carbons (Fsp3) is 0.857. The van der Waals surface area contributed by atoms with Gasteiger partial charge < -0.3 is 19.9 Å². The van der Waals surface area contributed by atoms with Gasteiger partial charge in [-0.1, -0.05) is 19.3 Å². The van der Waals surface area contributed by atoms with Gasteiger partial charge in [-0.2, -0.15) is 0 Å². The van der Waals surface area contributed by atoms with Gasteiger partial charge in [0, 0.05) is 6.54 Å². The molecule has 0 aromatic heterocycles. The molecule has 20 heavy (non-hydrogen) atoms. The Morgan fingerprint density at radius 3 is 2.45 bits per heavy atom. The number of amides is 1. The average Bonchev–Trinajstić information content (AvgIpc) is 2.94. The van der Waals surface area contributed by atoms with Crippen molar-refractivity contribution in [2.75, 3.05) is 13.2 Å². The predicted octanol–water partition coefficient (Wildman–Crippen LogP) is 1.08. The minimum absolute atomic E-state index is 0.235. The largest absolute Gasteiger partial charge is 0.479 e. The molecule has 1 aliphatic heterocycles. The number of nitrogens with one attached hydrogen (secondary N) is 1. The fourth-order valence-electron chi connectivity index (χ4n) is 2.76. The Labute approximate surface area is 118 Å². The summed E-state index contributed by atoms with van der Waals surface area (Å²) in [6.07, 6.45) is 5.68. The Balaban J connectivity index is 1.57. The van der Waals surface area contributed by atoms with E-state index < -0.39 is 18.2 Å². The topological polar surface area (TPSA) is 84.9 Å². The van der Waals surface area contributed by atoms with Gasteiger partial charge in [0.25, 0.3) is 0 Å². The molecule has 2 atom stereocenters. The number of carboxylic acids is 1. The zero-order chi connectivity index (χ0) is 14.4. The van der Waals surface area contributed by atoms with Gasteiger partial charge in [0.2, 0.25) is 5.91 Å². The zero-order valence-electron chi connectivity index (χ0n) is 11.7. The second-order valence-corrected chi connectivity index (χ2v) is 5.45. The maximum atomic E-state index is 11.8. The van der Waals surface area contributed by atoms with E-state index in [1.54, 1.807) is 0 Å². The van der Waals surface area contributed by atoms with Crippen molar-refractivity contribution in [1.82, 2.24) is 5.32 Å². The predicted molar refractivity (Wildman–Crippen MR) is 71.4 cm³/mol. The van der Waals surface area contributed by atoms with Crippen molar-refractivity contribution in [3.63, 3.8) is 0 Å². The van der Waals surface area contributed by atoms with Crippen LogP contribution in [0.15, 0.2) is 0 Å². The zero-order valence-corrected chi connectivity index (χ0v) is 11.7. The van der Waals surface area contributed by atoms with Crippen LogP contribution in [0.4, 0.5) is 0 Å². The Kier molecular flexibility index (Phi) is 5.79. The van der Waals surface area contributed by atoms with Crippen LogP contribution in [0.3, 0.4) is 0 Å². The number of carboxylic acid groups (broad SMARTS) is 1. The van der Waals surface area contributed by atoms with Gasteiger partial charge in [0.05, 0.1) is 12.7 Å². The monoisotopic (exact) mass is 285 g/mol. The number of carbonyl (C=O) groups excluding carboxylic acids is 1. The number of hydrogen-bond donors (Lipinski definition) is 2. The van der Waals surface area contributed by atoms with E-state index in [0.717, 1.165) is 12.8 Å². The number of carbonyl (C=O) groups is 2. The Bertz CT molecular complexity index is 340. The third kappa shape index (κ3) is 4.45. The lowest BCUT2D eigenvalue weighted by molar-refractivity contribution is -0.151. The quantitative estimate of drug-likeness (QED) is 0.713. The summed E-state index contributed by atoms with van der Waals surface area (Å²) in [6.45, 7) is 0.957. The molecule has 0 spiro atoms. The highest BCUT2D eigenvalue weighted by Crippen LogP contribution is 2.21. The lowest BCUT2D eigenvalue weighted by atomic mass is 9.98. The van der Waals surface area contributed by atoms with E-state index >= 15 is 0 Å². The van der Waals surface area contributed by atoms with Gasteiger partial charge in [-0.3, -0.25) is 4.79 Å². The molecule has 0 aromatic carbocycles. The Morgan fingerprint density at radius 1 is 1.10 bits per heavy atom. The van der Waals surface area contributed by atoms with Crippen LogP contribution in [0.5, 0.6) is 0 Å². The molecule has 1 heterocycles. The van der Waals surface area contributed by atoms with Gasteiger partial charge in [0.1, 0.15) is 6.10 Å². The van der Waals surface area contributed by atoms with Gasteiger partial charge in [-0.15, -0.1) is 0 Å². The van der Waals surface area contributed by atoms with Crippen molar-refractivity contribution in [1.29, 1.82) is 0 Å². The highest BCUT2D eigenvalue weighted by atomic mass is 16.5. The molecule has 1 saturated heterocycles. The molecule has 2 aliphatic rings. The molecule has 2 N–H and O–H groups in total. The minimum Gasteiger partial charge on any atom is -0.479 e. The summed E-state index contributed by atoms with van der Waals surface area (Å²) >= 11 is 0. The summed E-state index contributed by atoms with van der Waals surface area (Å²) < 4.78 is 10.9. The SMILES string of the molecule is O=C(O)C1CCC(C(=O)NCCOC2CCCCC2)O1. The van der Waals surface area contributed by atoms with Crippen molar-refractivity contribution in [3.05, 3.63) is 0 Å². The molecule has 1 aliphatic carbocycles. The van der Waals surface area contributed by atoms with E-state index in [2.05, 4.69) is 5.32 Å². The van der Waals surface area contributed by atoms with Crippen LogP contribution in [-0.2, 0) is 19.1 Å². The van der Waals surface area contributed by atoms with Crippen LogP contribution in [-0.4, -0.2) is 48.4 Å². The lowest BCUT2D eigenvalue weighted by Gasteiger charge is -2.22. The van der Waals surface area contributed by atoms with Crippen LogP contribution in [0.1, 0.15) is 44.9 Å². The van der Waals surface area contributed by atoms with Crippen molar-refractivity contribution < 1.29 is 24.2 Å². The molecule has 0 radical (unpaired) electrons. The molecule has 0 aromatic rings. The molecule has 0 bridgehead atoms. The van der Waals surface area contributed by atoms with Gasteiger partial charge in [0.15, 0.2) is 6.10 Å². The van der Waals surface area contributed by atoms with Crippen molar-refractivity contribution >= 4 is 11.9 Å².